The van der Waals surface area contributed by atoms with E-state index in [2.05, 4.69) is 10.3 Å². The van der Waals surface area contributed by atoms with Crippen molar-refractivity contribution in [3.8, 4) is 11.5 Å². The molecule has 4 rings (SSSR count). The fourth-order valence-electron chi connectivity index (χ4n) is 2.87. The van der Waals surface area contributed by atoms with Crippen molar-refractivity contribution in [2.24, 2.45) is 0 Å². The molecule has 1 aromatic heterocycles. The Kier molecular flexibility index (Phi) is 4.94. The van der Waals surface area contributed by atoms with Crippen molar-refractivity contribution in [1.82, 2.24) is 4.98 Å². The minimum Gasteiger partial charge on any atom is -0.419 e. The summed E-state index contributed by atoms with van der Waals surface area (Å²) in [5.74, 6) is 0.333. The van der Waals surface area contributed by atoms with Gasteiger partial charge in [-0.15, -0.1) is 0 Å². The molecule has 29 heavy (non-hydrogen) atoms. The van der Waals surface area contributed by atoms with Gasteiger partial charge in [-0.25, -0.2) is 8.42 Å². The van der Waals surface area contributed by atoms with Gasteiger partial charge in [0, 0.05) is 11.3 Å². The lowest BCUT2D eigenvalue weighted by Crippen LogP contribution is -2.05. The normalized spacial score (nSPS) is 11.4. The maximum Gasteiger partial charge on any atom is 0.238 e. The number of sulfone groups is 1. The Morgan fingerprint density at radius 2 is 1.38 bits per heavy atom. The zero-order valence-electron chi connectivity index (χ0n) is 16.1. The van der Waals surface area contributed by atoms with Gasteiger partial charge in [0.25, 0.3) is 0 Å². The Balaban J connectivity index is 1.83. The second kappa shape index (κ2) is 7.56. The first-order chi connectivity index (χ1) is 13.9. The molecule has 146 valence electrons. The first-order valence-corrected chi connectivity index (χ1v) is 10.6. The predicted molar refractivity (Wildman–Crippen MR) is 113 cm³/mol. The Hall–Kier alpha value is -3.38. The summed E-state index contributed by atoms with van der Waals surface area (Å²) in [7, 11) is -3.87. The Bertz CT molecular complexity index is 1230. The third kappa shape index (κ3) is 3.93. The average Bonchev–Trinajstić information content (AvgIpc) is 3.15. The number of anilines is 2. The molecule has 0 fully saturated rings. The van der Waals surface area contributed by atoms with Gasteiger partial charge in [-0.2, -0.15) is 4.98 Å². The predicted octanol–water partition coefficient (Wildman–Crippen LogP) is 5.53. The fraction of sp³-hybridized carbons (Fsp3) is 0.0870. The number of aromatic nitrogens is 1. The van der Waals surface area contributed by atoms with E-state index in [1.165, 1.54) is 0 Å². The van der Waals surface area contributed by atoms with Crippen LogP contribution in [-0.2, 0) is 9.84 Å². The van der Waals surface area contributed by atoms with Crippen LogP contribution in [0.25, 0.3) is 11.5 Å². The third-order valence-electron chi connectivity index (χ3n) is 4.51. The molecule has 5 nitrogen and oxygen atoms in total. The summed E-state index contributed by atoms with van der Waals surface area (Å²) in [5, 5.41) is 2.93. The highest BCUT2D eigenvalue weighted by Crippen LogP contribution is 2.34. The van der Waals surface area contributed by atoms with Gasteiger partial charge in [-0.1, -0.05) is 53.6 Å². The van der Waals surface area contributed by atoms with Crippen LogP contribution >= 0.6 is 0 Å². The van der Waals surface area contributed by atoms with Crippen LogP contribution in [0, 0.1) is 13.8 Å². The average molecular weight is 404 g/mol. The zero-order chi connectivity index (χ0) is 20.4. The van der Waals surface area contributed by atoms with Gasteiger partial charge >= 0.3 is 0 Å². The van der Waals surface area contributed by atoms with E-state index >= 15 is 0 Å². The smallest absolute Gasteiger partial charge is 0.238 e. The molecule has 0 saturated heterocycles. The Morgan fingerprint density at radius 3 is 2.00 bits per heavy atom. The van der Waals surface area contributed by atoms with Gasteiger partial charge in [-0.05, 0) is 50.2 Å². The van der Waals surface area contributed by atoms with Gasteiger partial charge < -0.3 is 9.73 Å². The lowest BCUT2D eigenvalue weighted by molar-refractivity contribution is 0.582. The molecule has 0 bridgehead atoms. The van der Waals surface area contributed by atoms with Crippen molar-refractivity contribution in [3.63, 3.8) is 0 Å². The molecule has 0 atom stereocenters. The van der Waals surface area contributed by atoms with Crippen molar-refractivity contribution < 1.29 is 12.8 Å². The van der Waals surface area contributed by atoms with E-state index in [0.717, 1.165) is 11.1 Å². The third-order valence-corrected chi connectivity index (χ3v) is 6.19. The molecule has 3 aromatic carbocycles. The second-order valence-electron chi connectivity index (χ2n) is 6.83. The van der Waals surface area contributed by atoms with Crippen molar-refractivity contribution >= 4 is 21.4 Å². The summed E-state index contributed by atoms with van der Waals surface area (Å²) in [6.45, 7) is 3.89. The van der Waals surface area contributed by atoms with Gasteiger partial charge in [0.2, 0.25) is 26.6 Å². The fourth-order valence-corrected chi connectivity index (χ4v) is 4.13. The molecule has 1 heterocycles. The maximum absolute atomic E-state index is 13.3. The van der Waals surface area contributed by atoms with E-state index in [1.54, 1.807) is 24.3 Å². The number of nitrogens with one attached hydrogen (secondary N) is 1. The van der Waals surface area contributed by atoms with Crippen LogP contribution in [0.15, 0.2) is 93.2 Å². The lowest BCUT2D eigenvalue weighted by Gasteiger charge is -2.07. The number of benzene rings is 3. The van der Waals surface area contributed by atoms with E-state index < -0.39 is 9.84 Å². The monoisotopic (exact) mass is 404 g/mol. The van der Waals surface area contributed by atoms with Crippen molar-refractivity contribution in [1.29, 1.82) is 0 Å². The van der Waals surface area contributed by atoms with E-state index in [4.69, 9.17) is 4.42 Å². The molecular formula is C23H20N2O3S. The summed E-state index contributed by atoms with van der Waals surface area (Å²) in [4.78, 5) is 4.52. The van der Waals surface area contributed by atoms with E-state index in [1.807, 2.05) is 68.4 Å². The highest BCUT2D eigenvalue weighted by molar-refractivity contribution is 7.91. The van der Waals surface area contributed by atoms with Crippen LogP contribution in [0.1, 0.15) is 11.1 Å². The first kappa shape index (κ1) is 19.0. The van der Waals surface area contributed by atoms with Crippen LogP contribution in [0.3, 0.4) is 0 Å². The van der Waals surface area contributed by atoms with Crippen molar-refractivity contribution in [2.45, 2.75) is 23.8 Å². The largest absolute Gasteiger partial charge is 0.419 e. The van der Waals surface area contributed by atoms with Crippen molar-refractivity contribution in [3.05, 3.63) is 90.0 Å². The zero-order valence-corrected chi connectivity index (χ0v) is 16.9. The first-order valence-electron chi connectivity index (χ1n) is 9.15. The number of nitrogens with zero attached hydrogens (tertiary/aromatic N) is 1. The summed E-state index contributed by atoms with van der Waals surface area (Å²) in [6.07, 6.45) is 0. The van der Waals surface area contributed by atoms with E-state index in [9.17, 15) is 8.42 Å². The van der Waals surface area contributed by atoms with E-state index in [-0.39, 0.29) is 21.7 Å². The molecule has 0 radical (unpaired) electrons. The summed E-state index contributed by atoms with van der Waals surface area (Å²) in [6, 6.07) is 23.5. The minimum atomic E-state index is -3.87. The van der Waals surface area contributed by atoms with Gasteiger partial charge in [0.1, 0.15) is 0 Å². The lowest BCUT2D eigenvalue weighted by atomic mass is 10.2. The van der Waals surface area contributed by atoms with Crippen LogP contribution in [0.2, 0.25) is 0 Å². The summed E-state index contributed by atoms with van der Waals surface area (Å²) < 4.78 is 32.5. The van der Waals surface area contributed by atoms with Gasteiger partial charge in [0.05, 0.1) is 4.90 Å². The number of rotatable bonds is 5. The van der Waals surface area contributed by atoms with Crippen LogP contribution in [0.4, 0.5) is 11.6 Å². The summed E-state index contributed by atoms with van der Waals surface area (Å²) >= 11 is 0. The van der Waals surface area contributed by atoms with Crippen LogP contribution in [-0.4, -0.2) is 13.4 Å². The Morgan fingerprint density at radius 1 is 0.793 bits per heavy atom. The molecular weight excluding hydrogens is 384 g/mol. The minimum absolute atomic E-state index is 0.0910. The topological polar surface area (TPSA) is 72.2 Å². The van der Waals surface area contributed by atoms with Gasteiger partial charge in [0.15, 0.2) is 0 Å². The number of oxazole rings is 1. The maximum atomic E-state index is 13.3. The van der Waals surface area contributed by atoms with Gasteiger partial charge in [-0.3, -0.25) is 0 Å². The molecule has 0 saturated carbocycles. The standard InChI is InChI=1S/C23H20N2O3S/c1-16-8-12-19(13-9-16)24-22-23(25-21(28-22)18-6-4-3-5-7-18)29(26,27)20-14-10-17(2)11-15-20/h3-15,24H,1-2H3. The molecule has 4 aromatic rings. The SMILES string of the molecule is Cc1ccc(Nc2oc(-c3ccccc3)nc2S(=O)(=O)c2ccc(C)cc2)cc1. The molecule has 6 heteroatoms. The molecule has 0 amide bonds. The van der Waals surface area contributed by atoms with Crippen LogP contribution < -0.4 is 5.32 Å². The van der Waals surface area contributed by atoms with E-state index in [0.29, 0.717) is 11.3 Å². The molecule has 0 spiro atoms. The number of aryl methyl sites for hydroxylation is 2. The second-order valence-corrected chi connectivity index (χ2v) is 8.69. The quantitative estimate of drug-likeness (QED) is 0.473. The highest BCUT2D eigenvalue weighted by Gasteiger charge is 2.28. The molecule has 0 unspecified atom stereocenters. The molecule has 0 aliphatic carbocycles. The van der Waals surface area contributed by atoms with Crippen LogP contribution in [0.5, 0.6) is 0 Å². The number of hydrogen-bond donors (Lipinski definition) is 1. The Labute approximate surface area is 170 Å². The number of hydrogen-bond acceptors (Lipinski definition) is 5. The highest BCUT2D eigenvalue weighted by atomic mass is 32.2. The molecule has 0 aliphatic rings. The molecule has 1 N–H and O–H groups in total. The molecule has 0 aliphatic heterocycles. The van der Waals surface area contributed by atoms with Crippen molar-refractivity contribution in [2.75, 3.05) is 5.32 Å². The summed E-state index contributed by atoms with van der Waals surface area (Å²) in [5.41, 5.74) is 3.49.